The van der Waals surface area contributed by atoms with E-state index in [2.05, 4.69) is 4.98 Å². The summed E-state index contributed by atoms with van der Waals surface area (Å²) < 4.78 is 1.85. The molecule has 2 heterocycles. The molecule has 2 aromatic rings. The summed E-state index contributed by atoms with van der Waals surface area (Å²) in [6, 6.07) is 3.76. The van der Waals surface area contributed by atoms with Gasteiger partial charge in [0, 0.05) is 20.3 Å². The molecule has 0 unspecified atom stereocenters. The Labute approximate surface area is 116 Å². The van der Waals surface area contributed by atoms with Gasteiger partial charge >= 0.3 is 5.97 Å². The fourth-order valence-electron chi connectivity index (χ4n) is 1.86. The summed E-state index contributed by atoms with van der Waals surface area (Å²) in [4.78, 5) is 17.2. The van der Waals surface area contributed by atoms with Crippen LogP contribution in [0.2, 0.25) is 0 Å². The fraction of sp³-hybridized carbons (Fsp3) is 0.333. The van der Waals surface area contributed by atoms with Crippen molar-refractivity contribution < 1.29 is 9.90 Å². The zero-order valence-corrected chi connectivity index (χ0v) is 12.3. The third kappa shape index (κ3) is 2.33. The summed E-state index contributed by atoms with van der Waals surface area (Å²) in [5, 5.41) is 9.09. The number of carboxylic acids is 1. The first-order valence-corrected chi connectivity index (χ1v) is 5.46. The molecular weight excluding hydrogens is 298 g/mol. The Kier molecular flexibility index (Phi) is 4.34. The van der Waals surface area contributed by atoms with Crippen LogP contribution >= 0.6 is 17.0 Å². The summed E-state index contributed by atoms with van der Waals surface area (Å²) in [6.07, 6.45) is 2.55. The Morgan fingerprint density at radius 2 is 2.11 bits per heavy atom. The SMILES string of the molecule is Br.CCc1c(C(=O)O)nc2ccc(N(C)C)cn12. The van der Waals surface area contributed by atoms with E-state index < -0.39 is 5.97 Å². The van der Waals surface area contributed by atoms with E-state index in [1.165, 1.54) is 0 Å². The molecule has 0 aromatic carbocycles. The van der Waals surface area contributed by atoms with Crippen LogP contribution in [0.3, 0.4) is 0 Å². The van der Waals surface area contributed by atoms with Gasteiger partial charge in [-0.1, -0.05) is 6.92 Å². The molecule has 0 aliphatic heterocycles. The second-order valence-corrected chi connectivity index (χ2v) is 4.08. The number of aromatic carboxylic acids is 1. The number of rotatable bonds is 3. The van der Waals surface area contributed by atoms with Crippen molar-refractivity contribution in [3.05, 3.63) is 29.7 Å². The molecule has 0 radical (unpaired) electrons. The summed E-state index contributed by atoms with van der Waals surface area (Å²) >= 11 is 0. The highest BCUT2D eigenvalue weighted by molar-refractivity contribution is 8.93. The Morgan fingerprint density at radius 3 is 2.61 bits per heavy atom. The maximum absolute atomic E-state index is 11.1. The molecular formula is C12H16BrN3O2. The van der Waals surface area contributed by atoms with Gasteiger partial charge in [0.05, 0.1) is 11.4 Å². The first kappa shape index (κ1) is 14.5. The number of aryl methyl sites for hydroxylation is 1. The molecule has 0 saturated carbocycles. The molecule has 6 heteroatoms. The minimum absolute atomic E-state index is 0. The zero-order valence-electron chi connectivity index (χ0n) is 10.5. The Balaban J connectivity index is 0.00000162. The van der Waals surface area contributed by atoms with Crippen LogP contribution in [0.15, 0.2) is 18.3 Å². The van der Waals surface area contributed by atoms with E-state index >= 15 is 0 Å². The second kappa shape index (κ2) is 5.39. The third-order valence-electron chi connectivity index (χ3n) is 2.76. The number of carboxylic acid groups (broad SMARTS) is 1. The number of aromatic nitrogens is 2. The topological polar surface area (TPSA) is 57.8 Å². The van der Waals surface area contributed by atoms with Crippen LogP contribution in [0.4, 0.5) is 5.69 Å². The van der Waals surface area contributed by atoms with E-state index in [4.69, 9.17) is 5.11 Å². The van der Waals surface area contributed by atoms with Gasteiger partial charge in [0.25, 0.3) is 0 Å². The molecule has 18 heavy (non-hydrogen) atoms. The zero-order chi connectivity index (χ0) is 12.6. The second-order valence-electron chi connectivity index (χ2n) is 4.08. The molecule has 1 N–H and O–H groups in total. The standard InChI is InChI=1S/C12H15N3O2.BrH/c1-4-9-11(12(16)17)13-10-6-5-8(14(2)3)7-15(9)10;/h5-7H,4H2,1-3H3,(H,16,17);1H. The number of fused-ring (bicyclic) bond motifs is 1. The van der Waals surface area contributed by atoms with E-state index in [1.807, 2.05) is 48.6 Å². The van der Waals surface area contributed by atoms with Crippen LogP contribution in [0.1, 0.15) is 23.1 Å². The summed E-state index contributed by atoms with van der Waals surface area (Å²) in [5.41, 5.74) is 2.56. The maximum atomic E-state index is 11.1. The van der Waals surface area contributed by atoms with Crippen LogP contribution in [-0.4, -0.2) is 34.6 Å². The molecule has 0 aliphatic rings. The molecule has 0 fully saturated rings. The van der Waals surface area contributed by atoms with Gasteiger partial charge in [-0.25, -0.2) is 9.78 Å². The van der Waals surface area contributed by atoms with Crippen molar-refractivity contribution in [2.45, 2.75) is 13.3 Å². The van der Waals surface area contributed by atoms with Crippen LogP contribution in [0.5, 0.6) is 0 Å². The van der Waals surface area contributed by atoms with Gasteiger partial charge in [0.1, 0.15) is 5.65 Å². The van der Waals surface area contributed by atoms with E-state index in [0.29, 0.717) is 12.1 Å². The Morgan fingerprint density at radius 1 is 1.44 bits per heavy atom. The molecule has 0 bridgehead atoms. The smallest absolute Gasteiger partial charge is 0.356 e. The quantitative estimate of drug-likeness (QED) is 0.944. The lowest BCUT2D eigenvalue weighted by Crippen LogP contribution is -2.09. The number of carbonyl (C=O) groups is 1. The lowest BCUT2D eigenvalue weighted by molar-refractivity contribution is 0.0690. The average Bonchev–Trinajstić information content (AvgIpc) is 2.66. The number of hydrogen-bond donors (Lipinski definition) is 1. The van der Waals surface area contributed by atoms with Gasteiger partial charge in [-0.15, -0.1) is 17.0 Å². The number of hydrogen-bond acceptors (Lipinski definition) is 3. The predicted octanol–water partition coefficient (Wildman–Crippen LogP) is 2.24. The molecule has 5 nitrogen and oxygen atoms in total. The van der Waals surface area contributed by atoms with Gasteiger partial charge in [0.15, 0.2) is 5.69 Å². The van der Waals surface area contributed by atoms with Crippen LogP contribution in [0, 0.1) is 0 Å². The molecule has 2 aromatic heterocycles. The molecule has 2 rings (SSSR count). The maximum Gasteiger partial charge on any atom is 0.356 e. The Hall–Kier alpha value is -1.56. The molecule has 0 saturated heterocycles. The lowest BCUT2D eigenvalue weighted by Gasteiger charge is -2.12. The van der Waals surface area contributed by atoms with Gasteiger partial charge in [-0.2, -0.15) is 0 Å². The van der Waals surface area contributed by atoms with Crippen molar-refractivity contribution in [2.24, 2.45) is 0 Å². The number of nitrogens with zero attached hydrogens (tertiary/aromatic N) is 3. The number of pyridine rings is 1. The van der Waals surface area contributed by atoms with E-state index in [9.17, 15) is 4.79 Å². The predicted molar refractivity (Wildman–Crippen MR) is 76.2 cm³/mol. The normalized spacial score (nSPS) is 10.2. The molecule has 0 amide bonds. The summed E-state index contributed by atoms with van der Waals surface area (Å²) in [6.45, 7) is 1.93. The number of anilines is 1. The number of halogens is 1. The van der Waals surface area contributed by atoms with Gasteiger partial charge < -0.3 is 14.4 Å². The minimum atomic E-state index is -0.975. The van der Waals surface area contributed by atoms with Crippen molar-refractivity contribution in [3.8, 4) is 0 Å². The van der Waals surface area contributed by atoms with Crippen molar-refractivity contribution in [1.29, 1.82) is 0 Å². The highest BCUT2D eigenvalue weighted by Gasteiger charge is 2.16. The highest BCUT2D eigenvalue weighted by Crippen LogP contribution is 2.18. The molecule has 0 aliphatic carbocycles. The van der Waals surface area contributed by atoms with E-state index in [-0.39, 0.29) is 22.7 Å². The van der Waals surface area contributed by atoms with Crippen molar-refractivity contribution in [1.82, 2.24) is 9.38 Å². The average molecular weight is 314 g/mol. The van der Waals surface area contributed by atoms with Crippen molar-refractivity contribution >= 4 is 34.3 Å². The highest BCUT2D eigenvalue weighted by atomic mass is 79.9. The van der Waals surface area contributed by atoms with Crippen LogP contribution in [0.25, 0.3) is 5.65 Å². The third-order valence-corrected chi connectivity index (χ3v) is 2.76. The van der Waals surface area contributed by atoms with Gasteiger partial charge in [-0.3, -0.25) is 0 Å². The Bertz CT molecular complexity index is 578. The van der Waals surface area contributed by atoms with Gasteiger partial charge in [0.2, 0.25) is 0 Å². The van der Waals surface area contributed by atoms with Crippen LogP contribution < -0.4 is 4.90 Å². The number of imidazole rings is 1. The van der Waals surface area contributed by atoms with E-state index in [1.54, 1.807) is 0 Å². The first-order chi connectivity index (χ1) is 8.04. The monoisotopic (exact) mass is 313 g/mol. The summed E-state index contributed by atoms with van der Waals surface area (Å²) in [5.74, 6) is -0.975. The van der Waals surface area contributed by atoms with E-state index in [0.717, 1.165) is 11.4 Å². The fourth-order valence-corrected chi connectivity index (χ4v) is 1.86. The van der Waals surface area contributed by atoms with Crippen molar-refractivity contribution in [3.63, 3.8) is 0 Å². The molecule has 0 spiro atoms. The molecule has 0 atom stereocenters. The van der Waals surface area contributed by atoms with Gasteiger partial charge in [-0.05, 0) is 18.6 Å². The minimum Gasteiger partial charge on any atom is -0.476 e. The summed E-state index contributed by atoms with van der Waals surface area (Å²) in [7, 11) is 3.89. The van der Waals surface area contributed by atoms with Crippen molar-refractivity contribution in [2.75, 3.05) is 19.0 Å². The first-order valence-electron chi connectivity index (χ1n) is 5.46. The van der Waals surface area contributed by atoms with Crippen LogP contribution in [-0.2, 0) is 6.42 Å². The lowest BCUT2D eigenvalue weighted by atomic mass is 10.2. The molecule has 98 valence electrons. The largest absolute Gasteiger partial charge is 0.476 e.